The molecule has 0 bridgehead atoms. The summed E-state index contributed by atoms with van der Waals surface area (Å²) in [5.41, 5.74) is 0.0977. The summed E-state index contributed by atoms with van der Waals surface area (Å²) < 4.78 is 4.90. The van der Waals surface area contributed by atoms with Crippen LogP contribution in [0.5, 0.6) is 0 Å². The monoisotopic (exact) mass is 290 g/mol. The van der Waals surface area contributed by atoms with E-state index in [4.69, 9.17) is 16.3 Å². The number of para-hydroxylation sites is 1. The van der Waals surface area contributed by atoms with Gasteiger partial charge in [-0.1, -0.05) is 29.8 Å². The van der Waals surface area contributed by atoms with Gasteiger partial charge in [-0.15, -0.1) is 0 Å². The first-order valence-corrected chi connectivity index (χ1v) is 6.48. The van der Waals surface area contributed by atoms with E-state index in [1.165, 1.54) is 7.11 Å². The van der Waals surface area contributed by atoms with Crippen LogP contribution in [0.25, 0.3) is 0 Å². The normalized spacial score (nSPS) is 13.3. The number of nitrogens with zero attached hydrogens (tertiary/aromatic N) is 1. The molecule has 1 aromatic carbocycles. The minimum atomic E-state index is -1.11. The summed E-state index contributed by atoms with van der Waals surface area (Å²) in [6.07, 6.45) is 1.63. The van der Waals surface area contributed by atoms with Crippen molar-refractivity contribution in [1.29, 1.82) is 0 Å². The first-order chi connectivity index (χ1) is 9.58. The molecule has 0 radical (unpaired) electrons. The lowest BCUT2D eigenvalue weighted by Crippen LogP contribution is -2.42. The van der Waals surface area contributed by atoms with Crippen molar-refractivity contribution in [2.45, 2.75) is 12.5 Å². The smallest absolute Gasteiger partial charge is 0.337 e. The Morgan fingerprint density at radius 3 is 2.55 bits per heavy atom. The van der Waals surface area contributed by atoms with E-state index in [0.29, 0.717) is 16.4 Å². The highest BCUT2D eigenvalue weighted by atomic mass is 35.5. The Morgan fingerprint density at radius 2 is 1.95 bits per heavy atom. The minimum Gasteiger partial charge on any atom is -0.467 e. The van der Waals surface area contributed by atoms with Gasteiger partial charge >= 0.3 is 5.97 Å². The van der Waals surface area contributed by atoms with Crippen molar-refractivity contribution in [1.82, 2.24) is 4.98 Å². The fourth-order valence-corrected chi connectivity index (χ4v) is 2.10. The quantitative estimate of drug-likeness (QED) is 0.878. The second-order valence-electron chi connectivity index (χ2n) is 4.44. The van der Waals surface area contributed by atoms with Gasteiger partial charge in [0, 0.05) is 6.20 Å². The molecule has 1 aromatic heterocycles. The van der Waals surface area contributed by atoms with E-state index in [-0.39, 0.29) is 0 Å². The van der Waals surface area contributed by atoms with Crippen LogP contribution < -0.4 is 5.32 Å². The number of hydrogen-bond acceptors (Lipinski definition) is 4. The molecule has 4 nitrogen and oxygen atoms in total. The Balaban J connectivity index is 2.44. The van der Waals surface area contributed by atoms with E-state index in [1.54, 1.807) is 37.4 Å². The zero-order valence-electron chi connectivity index (χ0n) is 11.3. The Morgan fingerprint density at radius 1 is 1.25 bits per heavy atom. The number of benzene rings is 1. The van der Waals surface area contributed by atoms with Gasteiger partial charge in [-0.05, 0) is 31.2 Å². The number of rotatable bonds is 4. The SMILES string of the molecule is COC(=O)C(C)(Nc1ccccc1Cl)c1ccccn1. The van der Waals surface area contributed by atoms with Crippen LogP contribution >= 0.6 is 11.6 Å². The van der Waals surface area contributed by atoms with Gasteiger partial charge in [0.15, 0.2) is 5.54 Å². The molecule has 2 aromatic rings. The summed E-state index contributed by atoms with van der Waals surface area (Å²) in [4.78, 5) is 16.4. The van der Waals surface area contributed by atoms with E-state index in [0.717, 1.165) is 0 Å². The molecule has 0 aliphatic carbocycles. The second-order valence-corrected chi connectivity index (χ2v) is 4.84. The highest BCUT2D eigenvalue weighted by Crippen LogP contribution is 2.30. The molecule has 0 saturated heterocycles. The van der Waals surface area contributed by atoms with Gasteiger partial charge < -0.3 is 10.1 Å². The van der Waals surface area contributed by atoms with Gasteiger partial charge in [0.25, 0.3) is 0 Å². The van der Waals surface area contributed by atoms with Gasteiger partial charge in [0.2, 0.25) is 0 Å². The zero-order valence-corrected chi connectivity index (χ0v) is 12.0. The van der Waals surface area contributed by atoms with Gasteiger partial charge in [-0.3, -0.25) is 4.98 Å². The first kappa shape index (κ1) is 14.3. The van der Waals surface area contributed by atoms with Crippen molar-refractivity contribution in [2.75, 3.05) is 12.4 Å². The molecule has 1 N–H and O–H groups in total. The Hall–Kier alpha value is -2.07. The van der Waals surface area contributed by atoms with E-state index < -0.39 is 11.5 Å². The van der Waals surface area contributed by atoms with Gasteiger partial charge in [-0.25, -0.2) is 4.79 Å². The van der Waals surface area contributed by atoms with Crippen LogP contribution in [0.4, 0.5) is 5.69 Å². The number of nitrogens with one attached hydrogen (secondary N) is 1. The van der Waals surface area contributed by atoms with Crippen molar-refractivity contribution in [3.05, 3.63) is 59.4 Å². The average molecular weight is 291 g/mol. The Bertz CT molecular complexity index is 604. The summed E-state index contributed by atoms with van der Waals surface area (Å²) in [6, 6.07) is 12.6. The van der Waals surface area contributed by atoms with Crippen molar-refractivity contribution in [2.24, 2.45) is 0 Å². The number of carbonyl (C=O) groups is 1. The molecule has 0 saturated carbocycles. The third kappa shape index (κ3) is 2.75. The second kappa shape index (κ2) is 5.92. The summed E-state index contributed by atoms with van der Waals surface area (Å²) in [7, 11) is 1.35. The molecule has 1 unspecified atom stereocenters. The lowest BCUT2D eigenvalue weighted by Gasteiger charge is -2.28. The zero-order chi connectivity index (χ0) is 14.6. The number of pyridine rings is 1. The molecule has 2 rings (SSSR count). The molecular formula is C15H15ClN2O2. The average Bonchev–Trinajstić information content (AvgIpc) is 2.49. The van der Waals surface area contributed by atoms with Gasteiger partial charge in [0.05, 0.1) is 23.5 Å². The molecule has 0 spiro atoms. The summed E-state index contributed by atoms with van der Waals surface area (Å²) >= 11 is 6.13. The lowest BCUT2D eigenvalue weighted by atomic mass is 9.96. The minimum absolute atomic E-state index is 0.434. The topological polar surface area (TPSA) is 51.2 Å². The fraction of sp³-hybridized carbons (Fsp3) is 0.200. The molecule has 0 aliphatic rings. The summed E-state index contributed by atoms with van der Waals surface area (Å²) in [6.45, 7) is 1.71. The van der Waals surface area contributed by atoms with Crippen molar-refractivity contribution in [3.63, 3.8) is 0 Å². The Labute approximate surface area is 122 Å². The standard InChI is InChI=1S/C15H15ClN2O2/c1-15(14(19)20-2,13-9-5-6-10-17-13)18-12-8-4-3-7-11(12)16/h3-10,18H,1-2H3. The highest BCUT2D eigenvalue weighted by Gasteiger charge is 2.38. The van der Waals surface area contributed by atoms with Crippen LogP contribution in [0, 0.1) is 0 Å². The molecule has 20 heavy (non-hydrogen) atoms. The molecule has 5 heteroatoms. The predicted octanol–water partition coefficient (Wildman–Crippen LogP) is 3.24. The maximum atomic E-state index is 12.2. The summed E-state index contributed by atoms with van der Waals surface area (Å²) in [5, 5.41) is 3.65. The number of anilines is 1. The number of aromatic nitrogens is 1. The van der Waals surface area contributed by atoms with E-state index in [9.17, 15) is 4.79 Å². The number of carbonyl (C=O) groups excluding carboxylic acids is 1. The van der Waals surface area contributed by atoms with Crippen LogP contribution in [0.2, 0.25) is 5.02 Å². The molecular weight excluding hydrogens is 276 g/mol. The molecule has 0 fully saturated rings. The fourth-order valence-electron chi connectivity index (χ4n) is 1.91. The van der Waals surface area contributed by atoms with Crippen molar-refractivity contribution in [3.8, 4) is 0 Å². The molecule has 104 valence electrons. The number of methoxy groups -OCH3 is 1. The van der Waals surface area contributed by atoms with E-state index in [1.807, 2.05) is 18.2 Å². The number of hydrogen-bond donors (Lipinski definition) is 1. The van der Waals surface area contributed by atoms with E-state index >= 15 is 0 Å². The third-order valence-corrected chi connectivity index (χ3v) is 3.36. The number of halogens is 1. The van der Waals surface area contributed by atoms with E-state index in [2.05, 4.69) is 10.3 Å². The predicted molar refractivity (Wildman–Crippen MR) is 78.7 cm³/mol. The maximum Gasteiger partial charge on any atom is 0.337 e. The first-order valence-electron chi connectivity index (χ1n) is 6.10. The molecule has 1 heterocycles. The lowest BCUT2D eigenvalue weighted by molar-refractivity contribution is -0.145. The van der Waals surface area contributed by atoms with Crippen LogP contribution in [0.3, 0.4) is 0 Å². The van der Waals surface area contributed by atoms with Gasteiger partial charge in [0.1, 0.15) is 0 Å². The number of ether oxygens (including phenoxy) is 1. The van der Waals surface area contributed by atoms with Crippen molar-refractivity contribution >= 4 is 23.3 Å². The Kier molecular flexibility index (Phi) is 4.25. The third-order valence-electron chi connectivity index (χ3n) is 3.03. The largest absolute Gasteiger partial charge is 0.467 e. The van der Waals surface area contributed by atoms with Crippen LogP contribution in [-0.2, 0) is 15.1 Å². The van der Waals surface area contributed by atoms with Crippen LogP contribution in [-0.4, -0.2) is 18.1 Å². The van der Waals surface area contributed by atoms with Crippen LogP contribution in [0.1, 0.15) is 12.6 Å². The van der Waals surface area contributed by atoms with Gasteiger partial charge in [-0.2, -0.15) is 0 Å². The number of esters is 1. The van der Waals surface area contributed by atoms with Crippen LogP contribution in [0.15, 0.2) is 48.7 Å². The maximum absolute atomic E-state index is 12.2. The molecule has 1 atom stereocenters. The highest BCUT2D eigenvalue weighted by molar-refractivity contribution is 6.33. The van der Waals surface area contributed by atoms with Crippen molar-refractivity contribution < 1.29 is 9.53 Å². The summed E-state index contributed by atoms with van der Waals surface area (Å²) in [5.74, 6) is -0.434. The molecule has 0 amide bonds. The molecule has 0 aliphatic heterocycles.